The predicted octanol–water partition coefficient (Wildman–Crippen LogP) is 5.37. The third-order valence-electron chi connectivity index (χ3n) is 5.59. The molecular weight excluding hydrogens is 452 g/mol. The van der Waals surface area contributed by atoms with Gasteiger partial charge in [-0.05, 0) is 48.4 Å². The van der Waals surface area contributed by atoms with Gasteiger partial charge in [0.1, 0.15) is 18.1 Å². The van der Waals surface area contributed by atoms with Crippen molar-refractivity contribution in [2.24, 2.45) is 5.92 Å². The van der Waals surface area contributed by atoms with Crippen molar-refractivity contribution in [1.29, 1.82) is 0 Å². The fourth-order valence-electron chi connectivity index (χ4n) is 3.74. The van der Waals surface area contributed by atoms with Crippen molar-refractivity contribution in [2.45, 2.75) is 18.2 Å². The highest BCUT2D eigenvalue weighted by Gasteiger charge is 2.18. The number of thioether (sulfide) groups is 1. The summed E-state index contributed by atoms with van der Waals surface area (Å²) in [4.78, 5) is 26.3. The molecule has 34 heavy (non-hydrogen) atoms. The summed E-state index contributed by atoms with van der Waals surface area (Å²) in [6.07, 6.45) is 0.522. The summed E-state index contributed by atoms with van der Waals surface area (Å²) in [5.74, 6) is 1.43. The number of nitro benzene ring substituents is 1. The molecular formula is C26H26N2O5S. The second-order valence-electron chi connectivity index (χ2n) is 8.07. The zero-order chi connectivity index (χ0) is 23.9. The molecule has 0 fully saturated rings. The van der Waals surface area contributed by atoms with E-state index in [9.17, 15) is 14.9 Å². The number of fused-ring (bicyclic) bond motifs is 1. The number of esters is 1. The van der Waals surface area contributed by atoms with E-state index in [2.05, 4.69) is 29.2 Å². The average Bonchev–Trinajstić information content (AvgIpc) is 2.85. The quantitative estimate of drug-likeness (QED) is 0.177. The summed E-state index contributed by atoms with van der Waals surface area (Å²) in [6.45, 7) is 4.23. The number of para-hydroxylation sites is 1. The Morgan fingerprint density at radius 2 is 1.76 bits per heavy atom. The number of ether oxygens (including phenoxy) is 2. The van der Waals surface area contributed by atoms with Crippen LogP contribution in [-0.4, -0.2) is 36.3 Å². The first-order valence-corrected chi connectivity index (χ1v) is 12.1. The number of nitrogens with zero attached hydrogens (tertiary/aromatic N) is 2. The lowest BCUT2D eigenvalue weighted by Gasteiger charge is -2.30. The Morgan fingerprint density at radius 3 is 2.50 bits per heavy atom. The van der Waals surface area contributed by atoms with Gasteiger partial charge in [-0.1, -0.05) is 31.2 Å². The lowest BCUT2D eigenvalue weighted by molar-refractivity contribution is -0.384. The van der Waals surface area contributed by atoms with Crippen LogP contribution < -0.4 is 14.4 Å². The maximum Gasteiger partial charge on any atom is 0.314 e. The highest BCUT2D eigenvalue weighted by atomic mass is 32.2. The Labute approximate surface area is 202 Å². The normalized spacial score (nSPS) is 13.6. The van der Waals surface area contributed by atoms with Gasteiger partial charge in [-0.3, -0.25) is 14.9 Å². The van der Waals surface area contributed by atoms with Gasteiger partial charge in [-0.25, -0.2) is 0 Å². The fourth-order valence-corrected chi connectivity index (χ4v) is 4.80. The minimum absolute atomic E-state index is 0.0464. The zero-order valence-corrected chi connectivity index (χ0v) is 19.7. The number of benzene rings is 3. The summed E-state index contributed by atoms with van der Waals surface area (Å²) >= 11 is 1.89. The molecule has 8 heteroatoms. The number of nitro groups is 1. The van der Waals surface area contributed by atoms with E-state index in [1.165, 1.54) is 34.8 Å². The summed E-state index contributed by atoms with van der Waals surface area (Å²) < 4.78 is 11.3. The number of hydrogen-bond acceptors (Lipinski definition) is 7. The molecule has 1 unspecified atom stereocenters. The van der Waals surface area contributed by atoms with Crippen molar-refractivity contribution >= 4 is 29.1 Å². The molecule has 3 aromatic rings. The van der Waals surface area contributed by atoms with Gasteiger partial charge >= 0.3 is 5.97 Å². The van der Waals surface area contributed by atoms with Crippen molar-refractivity contribution in [3.63, 3.8) is 0 Å². The molecule has 0 spiro atoms. The number of non-ortho nitro benzene ring substituents is 1. The number of anilines is 1. The van der Waals surface area contributed by atoms with Crippen molar-refractivity contribution in [1.82, 2.24) is 0 Å². The molecule has 1 atom stereocenters. The molecule has 1 heterocycles. The van der Waals surface area contributed by atoms with Gasteiger partial charge in [0, 0.05) is 29.3 Å². The summed E-state index contributed by atoms with van der Waals surface area (Å²) in [5.41, 5.74) is 2.23. The van der Waals surface area contributed by atoms with Gasteiger partial charge in [0.15, 0.2) is 0 Å². The Hall–Kier alpha value is -3.52. The topological polar surface area (TPSA) is 81.9 Å². The molecule has 3 aromatic carbocycles. The molecule has 0 aromatic heterocycles. The Balaban J connectivity index is 1.24. The first-order valence-electron chi connectivity index (χ1n) is 11.1. The van der Waals surface area contributed by atoms with Crippen LogP contribution >= 0.6 is 11.8 Å². The minimum atomic E-state index is -0.493. The zero-order valence-electron chi connectivity index (χ0n) is 18.9. The van der Waals surface area contributed by atoms with Gasteiger partial charge in [0.25, 0.3) is 5.69 Å². The van der Waals surface area contributed by atoms with E-state index in [1.54, 1.807) is 6.92 Å². The van der Waals surface area contributed by atoms with Crippen LogP contribution in [0.3, 0.4) is 0 Å². The van der Waals surface area contributed by atoms with E-state index < -0.39 is 4.92 Å². The molecule has 4 rings (SSSR count). The van der Waals surface area contributed by atoms with Crippen molar-refractivity contribution in [2.75, 3.05) is 30.3 Å². The molecule has 176 valence electrons. The maximum absolute atomic E-state index is 12.4. The number of carbonyl (C=O) groups excluding carboxylic acids is 1. The monoisotopic (exact) mass is 478 g/mol. The second kappa shape index (κ2) is 11.1. The molecule has 0 amide bonds. The Bertz CT molecular complexity index is 1130. The van der Waals surface area contributed by atoms with Crippen LogP contribution in [0, 0.1) is 16.0 Å². The summed E-state index contributed by atoms with van der Waals surface area (Å²) in [5, 5.41) is 10.7. The van der Waals surface area contributed by atoms with E-state index >= 15 is 0 Å². The first-order chi connectivity index (χ1) is 16.5. The highest BCUT2D eigenvalue weighted by molar-refractivity contribution is 7.99. The molecule has 0 bridgehead atoms. The van der Waals surface area contributed by atoms with Gasteiger partial charge in [0.05, 0.1) is 23.1 Å². The molecule has 0 saturated carbocycles. The Kier molecular flexibility index (Phi) is 7.69. The number of rotatable bonds is 9. The smallest absolute Gasteiger partial charge is 0.314 e. The molecule has 0 N–H and O–H groups in total. The third kappa shape index (κ3) is 6.08. The second-order valence-corrected chi connectivity index (χ2v) is 9.21. The van der Waals surface area contributed by atoms with Crippen LogP contribution in [0.15, 0.2) is 77.7 Å². The Morgan fingerprint density at radius 1 is 1.06 bits per heavy atom. The predicted molar refractivity (Wildman–Crippen MR) is 133 cm³/mol. The van der Waals surface area contributed by atoms with Gasteiger partial charge < -0.3 is 14.4 Å². The largest absolute Gasteiger partial charge is 0.492 e. The lowest BCUT2D eigenvalue weighted by Crippen LogP contribution is -2.33. The van der Waals surface area contributed by atoms with Gasteiger partial charge in [0.2, 0.25) is 0 Å². The van der Waals surface area contributed by atoms with Crippen molar-refractivity contribution in [3.05, 3.63) is 88.5 Å². The van der Waals surface area contributed by atoms with E-state index in [0.717, 1.165) is 30.2 Å². The van der Waals surface area contributed by atoms with E-state index in [0.29, 0.717) is 18.8 Å². The third-order valence-corrected chi connectivity index (χ3v) is 6.63. The summed E-state index contributed by atoms with van der Waals surface area (Å²) in [6, 6.07) is 21.7. The standard InChI is InChI=1S/C26H26N2O5S/c1-19(26(29)33-23-12-8-21(9-13-23)28(30)31)18-20-6-10-22(11-7-20)32-16-14-27-15-17-34-25-5-3-2-4-24(25)27/h2-13,19H,14-18H2,1H3. The van der Waals surface area contributed by atoms with Crippen LogP contribution in [0.2, 0.25) is 0 Å². The molecule has 1 aliphatic rings. The highest BCUT2D eigenvalue weighted by Crippen LogP contribution is 2.34. The average molecular weight is 479 g/mol. The van der Waals surface area contributed by atoms with E-state index in [4.69, 9.17) is 9.47 Å². The van der Waals surface area contributed by atoms with E-state index in [-0.39, 0.29) is 17.6 Å². The van der Waals surface area contributed by atoms with Crippen LogP contribution in [0.4, 0.5) is 11.4 Å². The number of carbonyl (C=O) groups is 1. The van der Waals surface area contributed by atoms with Crippen LogP contribution in [-0.2, 0) is 11.2 Å². The van der Waals surface area contributed by atoms with Gasteiger partial charge in [-0.2, -0.15) is 0 Å². The van der Waals surface area contributed by atoms with Crippen molar-refractivity contribution < 1.29 is 19.2 Å². The fraction of sp³-hybridized carbons (Fsp3) is 0.269. The summed E-state index contributed by atoms with van der Waals surface area (Å²) in [7, 11) is 0. The molecule has 7 nitrogen and oxygen atoms in total. The lowest BCUT2D eigenvalue weighted by atomic mass is 10.0. The molecule has 1 aliphatic heterocycles. The van der Waals surface area contributed by atoms with Gasteiger partial charge in [-0.15, -0.1) is 11.8 Å². The first kappa shape index (κ1) is 23.6. The minimum Gasteiger partial charge on any atom is -0.492 e. The number of hydrogen-bond donors (Lipinski definition) is 0. The van der Waals surface area contributed by atoms with Crippen LogP contribution in [0.5, 0.6) is 11.5 Å². The molecule has 0 saturated heterocycles. The van der Waals surface area contributed by atoms with Crippen molar-refractivity contribution in [3.8, 4) is 11.5 Å². The van der Waals surface area contributed by atoms with Crippen LogP contribution in [0.25, 0.3) is 0 Å². The SMILES string of the molecule is CC(Cc1ccc(OCCN2CCSc3ccccc32)cc1)C(=O)Oc1ccc([N+](=O)[O-])cc1. The maximum atomic E-state index is 12.4. The van der Waals surface area contributed by atoms with E-state index in [1.807, 2.05) is 36.0 Å². The molecule has 0 radical (unpaired) electrons. The van der Waals surface area contributed by atoms with Crippen LogP contribution in [0.1, 0.15) is 12.5 Å². The molecule has 0 aliphatic carbocycles.